The predicted octanol–water partition coefficient (Wildman–Crippen LogP) is 3.47. The van der Waals surface area contributed by atoms with Crippen molar-refractivity contribution in [1.29, 1.82) is 0 Å². The molecule has 2 nitrogen and oxygen atoms in total. The first-order chi connectivity index (χ1) is 9.69. The molecule has 0 heterocycles. The second-order valence-electron chi connectivity index (χ2n) is 6.42. The minimum atomic E-state index is 0.349. The zero-order valence-electron chi connectivity index (χ0n) is 13.4. The van der Waals surface area contributed by atoms with Gasteiger partial charge >= 0.3 is 0 Å². The van der Waals surface area contributed by atoms with Crippen molar-refractivity contribution >= 4 is 0 Å². The molecule has 0 radical (unpaired) electrons. The molecule has 1 fully saturated rings. The highest BCUT2D eigenvalue weighted by Crippen LogP contribution is 2.36. The third-order valence-corrected chi connectivity index (χ3v) is 5.17. The van der Waals surface area contributed by atoms with E-state index in [2.05, 4.69) is 61.7 Å². The summed E-state index contributed by atoms with van der Waals surface area (Å²) in [4.78, 5) is 2.48. The highest BCUT2D eigenvalue weighted by atomic mass is 15.2. The Balaban J connectivity index is 2.05. The molecule has 2 rings (SSSR count). The Morgan fingerprint density at radius 2 is 1.75 bits per heavy atom. The average molecular weight is 274 g/mol. The maximum Gasteiger partial charge on any atom is 0.0356 e. The number of hydrogen-bond acceptors (Lipinski definition) is 2. The summed E-state index contributed by atoms with van der Waals surface area (Å²) in [7, 11) is 6.66. The number of nitrogens with one attached hydrogen (secondary N) is 1. The summed E-state index contributed by atoms with van der Waals surface area (Å²) in [6.07, 6.45) is 9.22. The van der Waals surface area contributed by atoms with Crippen LogP contribution in [0.4, 0.5) is 0 Å². The number of likely N-dealkylation sites (N-methyl/N-ethyl adjacent to an activating group) is 2. The summed E-state index contributed by atoms with van der Waals surface area (Å²) in [5, 5.41) is 3.62. The van der Waals surface area contributed by atoms with E-state index in [9.17, 15) is 0 Å². The standard InChI is InChI=1S/C18H30N2/c1-19-17(13-12-16-10-6-4-7-11-16)18(20(2)3)14-8-5-9-15-18/h4,6-7,10-11,17,19H,5,8-9,12-15H2,1-3H3. The smallest absolute Gasteiger partial charge is 0.0356 e. The molecule has 1 aromatic rings. The molecule has 1 aromatic carbocycles. The fourth-order valence-corrected chi connectivity index (χ4v) is 3.91. The Hall–Kier alpha value is -0.860. The Kier molecular flexibility index (Phi) is 5.62. The molecular formula is C18H30N2. The Morgan fingerprint density at radius 3 is 2.30 bits per heavy atom. The quantitative estimate of drug-likeness (QED) is 0.854. The van der Waals surface area contributed by atoms with E-state index in [-0.39, 0.29) is 0 Å². The van der Waals surface area contributed by atoms with Crippen molar-refractivity contribution in [2.45, 2.75) is 56.5 Å². The maximum atomic E-state index is 3.62. The maximum absolute atomic E-state index is 3.62. The van der Waals surface area contributed by atoms with Crippen molar-refractivity contribution in [2.24, 2.45) is 0 Å². The van der Waals surface area contributed by atoms with E-state index in [1.165, 1.54) is 50.5 Å². The van der Waals surface area contributed by atoms with Gasteiger partial charge in [-0.2, -0.15) is 0 Å². The topological polar surface area (TPSA) is 15.3 Å². The number of benzene rings is 1. The molecule has 1 unspecified atom stereocenters. The molecule has 0 spiro atoms. The SMILES string of the molecule is CNC(CCc1ccccc1)C1(N(C)C)CCCCC1. The van der Waals surface area contributed by atoms with E-state index in [4.69, 9.17) is 0 Å². The summed E-state index contributed by atoms with van der Waals surface area (Å²) < 4.78 is 0. The van der Waals surface area contributed by atoms with Gasteiger partial charge in [0, 0.05) is 11.6 Å². The molecule has 1 aliphatic rings. The summed E-state index contributed by atoms with van der Waals surface area (Å²) in [5.41, 5.74) is 1.80. The van der Waals surface area contributed by atoms with Crippen molar-refractivity contribution < 1.29 is 0 Å². The van der Waals surface area contributed by atoms with Crippen LogP contribution in [0.3, 0.4) is 0 Å². The fraction of sp³-hybridized carbons (Fsp3) is 0.667. The van der Waals surface area contributed by atoms with E-state index in [1.807, 2.05) is 0 Å². The Bertz CT molecular complexity index is 380. The first-order valence-corrected chi connectivity index (χ1v) is 8.07. The van der Waals surface area contributed by atoms with Gasteiger partial charge in [0.2, 0.25) is 0 Å². The van der Waals surface area contributed by atoms with Gasteiger partial charge in [-0.3, -0.25) is 0 Å². The highest BCUT2D eigenvalue weighted by molar-refractivity contribution is 5.15. The van der Waals surface area contributed by atoms with Crippen LogP contribution >= 0.6 is 0 Å². The molecule has 0 saturated heterocycles. The van der Waals surface area contributed by atoms with Crippen LogP contribution in [0.15, 0.2) is 30.3 Å². The van der Waals surface area contributed by atoms with Crippen molar-refractivity contribution in [2.75, 3.05) is 21.1 Å². The fourth-order valence-electron chi connectivity index (χ4n) is 3.91. The lowest BCUT2D eigenvalue weighted by atomic mass is 9.73. The van der Waals surface area contributed by atoms with Crippen LogP contribution in [0.5, 0.6) is 0 Å². The molecule has 0 amide bonds. The van der Waals surface area contributed by atoms with Gasteiger partial charge in [-0.15, -0.1) is 0 Å². The summed E-state index contributed by atoms with van der Waals surface area (Å²) >= 11 is 0. The summed E-state index contributed by atoms with van der Waals surface area (Å²) in [6, 6.07) is 11.5. The van der Waals surface area contributed by atoms with Gasteiger partial charge in [-0.1, -0.05) is 49.6 Å². The van der Waals surface area contributed by atoms with Crippen molar-refractivity contribution in [3.63, 3.8) is 0 Å². The van der Waals surface area contributed by atoms with Crippen molar-refractivity contribution in [1.82, 2.24) is 10.2 Å². The average Bonchev–Trinajstić information content (AvgIpc) is 2.49. The first-order valence-electron chi connectivity index (χ1n) is 8.07. The molecule has 0 aliphatic heterocycles. The number of hydrogen-bond donors (Lipinski definition) is 1. The first kappa shape index (κ1) is 15.5. The molecule has 1 N–H and O–H groups in total. The van der Waals surface area contributed by atoms with E-state index >= 15 is 0 Å². The highest BCUT2D eigenvalue weighted by Gasteiger charge is 2.40. The zero-order valence-corrected chi connectivity index (χ0v) is 13.4. The Morgan fingerprint density at radius 1 is 1.10 bits per heavy atom. The van der Waals surface area contributed by atoms with Crippen molar-refractivity contribution in [3.05, 3.63) is 35.9 Å². The second kappa shape index (κ2) is 7.24. The Labute approximate surface area is 124 Å². The third-order valence-electron chi connectivity index (χ3n) is 5.17. The van der Waals surface area contributed by atoms with Crippen molar-refractivity contribution in [3.8, 4) is 0 Å². The normalized spacial score (nSPS) is 20.0. The van der Waals surface area contributed by atoms with Crippen LogP contribution in [0.25, 0.3) is 0 Å². The summed E-state index contributed by atoms with van der Waals surface area (Å²) in [6.45, 7) is 0. The van der Waals surface area contributed by atoms with Crippen LogP contribution in [-0.4, -0.2) is 37.6 Å². The van der Waals surface area contributed by atoms with Gasteiger partial charge in [-0.25, -0.2) is 0 Å². The second-order valence-corrected chi connectivity index (χ2v) is 6.42. The lowest BCUT2D eigenvalue weighted by Crippen LogP contribution is -2.59. The molecular weight excluding hydrogens is 244 g/mol. The predicted molar refractivity (Wildman–Crippen MR) is 87.1 cm³/mol. The number of rotatable bonds is 6. The van der Waals surface area contributed by atoms with E-state index in [0.717, 1.165) is 0 Å². The lowest BCUT2D eigenvalue weighted by molar-refractivity contribution is 0.0566. The van der Waals surface area contributed by atoms with Crippen LogP contribution in [0.1, 0.15) is 44.1 Å². The third kappa shape index (κ3) is 3.42. The van der Waals surface area contributed by atoms with Gasteiger partial charge in [0.05, 0.1) is 0 Å². The number of nitrogens with zero attached hydrogens (tertiary/aromatic N) is 1. The van der Waals surface area contributed by atoms with Crippen LogP contribution in [0, 0.1) is 0 Å². The molecule has 2 heteroatoms. The molecule has 0 bridgehead atoms. The minimum absolute atomic E-state index is 0.349. The molecule has 1 saturated carbocycles. The summed E-state index contributed by atoms with van der Waals surface area (Å²) in [5.74, 6) is 0. The van der Waals surface area contributed by atoms with Gasteiger partial charge < -0.3 is 10.2 Å². The van der Waals surface area contributed by atoms with Gasteiger partial charge in [0.1, 0.15) is 0 Å². The molecule has 112 valence electrons. The van der Waals surface area contributed by atoms with Crippen LogP contribution in [-0.2, 0) is 6.42 Å². The van der Waals surface area contributed by atoms with Crippen LogP contribution < -0.4 is 5.32 Å². The van der Waals surface area contributed by atoms with E-state index in [0.29, 0.717) is 11.6 Å². The van der Waals surface area contributed by atoms with E-state index < -0.39 is 0 Å². The van der Waals surface area contributed by atoms with E-state index in [1.54, 1.807) is 0 Å². The molecule has 0 aromatic heterocycles. The zero-order chi connectivity index (χ0) is 14.4. The molecule has 1 atom stereocenters. The van der Waals surface area contributed by atoms with Gasteiger partial charge in [-0.05, 0) is 52.4 Å². The monoisotopic (exact) mass is 274 g/mol. The number of aryl methyl sites for hydroxylation is 1. The van der Waals surface area contributed by atoms with Gasteiger partial charge in [0.15, 0.2) is 0 Å². The van der Waals surface area contributed by atoms with Crippen LogP contribution in [0.2, 0.25) is 0 Å². The van der Waals surface area contributed by atoms with Gasteiger partial charge in [0.25, 0.3) is 0 Å². The molecule has 1 aliphatic carbocycles. The minimum Gasteiger partial charge on any atom is -0.315 e. The lowest BCUT2D eigenvalue weighted by Gasteiger charge is -2.48. The largest absolute Gasteiger partial charge is 0.315 e. The molecule has 20 heavy (non-hydrogen) atoms.